The van der Waals surface area contributed by atoms with Crippen LogP contribution in [0.3, 0.4) is 0 Å². The molecule has 23 heavy (non-hydrogen) atoms. The first-order chi connectivity index (χ1) is 11.0. The maximum Gasteiger partial charge on any atom is 0.188 e. The molecule has 0 unspecified atom stereocenters. The quantitative estimate of drug-likeness (QED) is 0.771. The number of nitrogens with zero attached hydrogens (tertiary/aromatic N) is 1. The highest BCUT2D eigenvalue weighted by Crippen LogP contribution is 2.46. The van der Waals surface area contributed by atoms with Crippen molar-refractivity contribution in [2.45, 2.75) is 25.1 Å². The van der Waals surface area contributed by atoms with Crippen LogP contribution in [-0.2, 0) is 0 Å². The molecule has 2 bridgehead atoms. The third kappa shape index (κ3) is 2.26. The summed E-state index contributed by atoms with van der Waals surface area (Å²) in [5, 5.41) is 4.38. The summed E-state index contributed by atoms with van der Waals surface area (Å²) in [6, 6.07) is 12.1. The molecule has 0 radical (unpaired) electrons. The third-order valence-electron chi connectivity index (χ3n) is 4.33. The molecule has 6 heteroatoms. The number of para-hydroxylation sites is 1. The van der Waals surface area contributed by atoms with Crippen molar-refractivity contribution in [2.75, 3.05) is 4.90 Å². The number of ether oxygens (including phenoxy) is 1. The van der Waals surface area contributed by atoms with Crippen LogP contribution in [0.5, 0.6) is 5.75 Å². The van der Waals surface area contributed by atoms with E-state index in [1.807, 2.05) is 19.1 Å². The molecule has 1 fully saturated rings. The first kappa shape index (κ1) is 14.7. The van der Waals surface area contributed by atoms with E-state index in [9.17, 15) is 4.39 Å². The first-order valence-corrected chi connectivity index (χ1v) is 8.10. The van der Waals surface area contributed by atoms with Crippen LogP contribution in [0.2, 0.25) is 5.02 Å². The van der Waals surface area contributed by atoms with Crippen molar-refractivity contribution in [3.05, 3.63) is 58.9 Å². The molecule has 118 valence electrons. The Hall–Kier alpha value is -1.85. The molecule has 1 N–H and O–H groups in total. The molecule has 0 amide bonds. The Labute approximate surface area is 144 Å². The van der Waals surface area contributed by atoms with Crippen LogP contribution in [0.1, 0.15) is 24.9 Å². The smallest absolute Gasteiger partial charge is 0.188 e. The number of halogens is 2. The molecule has 2 aromatic carbocycles. The number of anilines is 1. The van der Waals surface area contributed by atoms with Gasteiger partial charge in [0.2, 0.25) is 0 Å². The van der Waals surface area contributed by atoms with E-state index in [4.69, 9.17) is 28.6 Å². The summed E-state index contributed by atoms with van der Waals surface area (Å²) in [7, 11) is 0. The normalized spacial score (nSPS) is 25.4. The molecule has 2 heterocycles. The first-order valence-electron chi connectivity index (χ1n) is 7.32. The SMILES string of the molecule is C[C@@]12C[C@@H](NC(=S)N1c1ccccc1F)c1cc(Cl)ccc1O2. The van der Waals surface area contributed by atoms with Gasteiger partial charge in [0, 0.05) is 17.0 Å². The van der Waals surface area contributed by atoms with Gasteiger partial charge in [-0.25, -0.2) is 4.39 Å². The molecule has 0 saturated carbocycles. The van der Waals surface area contributed by atoms with E-state index in [0.29, 0.717) is 22.2 Å². The standard InChI is InChI=1S/C17H14ClFN2OS/c1-17-9-13(11-8-10(18)6-7-15(11)22-17)20-16(23)21(17)14-5-3-2-4-12(14)19/h2-8,13H,9H2,1H3,(H,20,23)/t13-,17-/m1/s1. The molecule has 2 aromatic rings. The van der Waals surface area contributed by atoms with E-state index < -0.39 is 5.72 Å². The number of rotatable bonds is 1. The van der Waals surface area contributed by atoms with E-state index in [0.717, 1.165) is 11.3 Å². The Kier molecular flexibility index (Phi) is 3.25. The average Bonchev–Trinajstić information content (AvgIpc) is 2.49. The molecule has 0 aliphatic carbocycles. The topological polar surface area (TPSA) is 24.5 Å². The van der Waals surface area contributed by atoms with E-state index in [1.165, 1.54) is 6.07 Å². The largest absolute Gasteiger partial charge is 0.467 e. The van der Waals surface area contributed by atoms with Gasteiger partial charge in [0.15, 0.2) is 10.8 Å². The van der Waals surface area contributed by atoms with Gasteiger partial charge in [0.05, 0.1) is 11.7 Å². The Balaban J connectivity index is 1.83. The summed E-state index contributed by atoms with van der Waals surface area (Å²) in [5.41, 5.74) is 0.629. The second-order valence-electron chi connectivity index (χ2n) is 5.95. The minimum absolute atomic E-state index is 0.00188. The van der Waals surface area contributed by atoms with Crippen molar-refractivity contribution in [3.8, 4) is 5.75 Å². The van der Waals surface area contributed by atoms with Crippen molar-refractivity contribution in [1.29, 1.82) is 0 Å². The Morgan fingerprint density at radius 2 is 2.13 bits per heavy atom. The summed E-state index contributed by atoms with van der Waals surface area (Å²) in [6.07, 6.45) is 0.634. The Bertz CT molecular complexity index is 815. The second-order valence-corrected chi connectivity index (χ2v) is 6.78. The zero-order valence-electron chi connectivity index (χ0n) is 12.3. The number of benzene rings is 2. The maximum absolute atomic E-state index is 14.3. The van der Waals surface area contributed by atoms with Gasteiger partial charge in [-0.2, -0.15) is 0 Å². The van der Waals surface area contributed by atoms with E-state index >= 15 is 0 Å². The predicted molar refractivity (Wildman–Crippen MR) is 92.5 cm³/mol. The van der Waals surface area contributed by atoms with Gasteiger partial charge in [-0.05, 0) is 49.5 Å². The van der Waals surface area contributed by atoms with Gasteiger partial charge in [-0.1, -0.05) is 23.7 Å². The van der Waals surface area contributed by atoms with Crippen molar-refractivity contribution in [3.63, 3.8) is 0 Å². The van der Waals surface area contributed by atoms with Gasteiger partial charge in [0.25, 0.3) is 0 Å². The fraction of sp³-hybridized carbons (Fsp3) is 0.235. The molecular weight excluding hydrogens is 335 g/mol. The van der Waals surface area contributed by atoms with Gasteiger partial charge in [-0.3, -0.25) is 4.90 Å². The number of hydrogen-bond donors (Lipinski definition) is 1. The minimum Gasteiger partial charge on any atom is -0.467 e. The van der Waals surface area contributed by atoms with Crippen LogP contribution in [-0.4, -0.2) is 10.8 Å². The van der Waals surface area contributed by atoms with Crippen LogP contribution in [0.4, 0.5) is 10.1 Å². The molecule has 4 rings (SSSR count). The fourth-order valence-electron chi connectivity index (χ4n) is 3.34. The van der Waals surface area contributed by atoms with Crippen molar-refractivity contribution in [2.24, 2.45) is 0 Å². The summed E-state index contributed by atoms with van der Waals surface area (Å²) in [4.78, 5) is 1.71. The fourth-order valence-corrected chi connectivity index (χ4v) is 3.96. The molecule has 2 atom stereocenters. The number of nitrogens with one attached hydrogen (secondary N) is 1. The summed E-state index contributed by atoms with van der Waals surface area (Å²) in [5.74, 6) is 0.409. The zero-order valence-corrected chi connectivity index (χ0v) is 13.9. The highest BCUT2D eigenvalue weighted by molar-refractivity contribution is 7.80. The summed E-state index contributed by atoms with van der Waals surface area (Å²) in [6.45, 7) is 1.93. The summed E-state index contributed by atoms with van der Waals surface area (Å²) < 4.78 is 20.5. The number of hydrogen-bond acceptors (Lipinski definition) is 2. The van der Waals surface area contributed by atoms with Crippen LogP contribution >= 0.6 is 23.8 Å². The van der Waals surface area contributed by atoms with Crippen LogP contribution < -0.4 is 15.0 Å². The van der Waals surface area contributed by atoms with E-state index in [1.54, 1.807) is 29.2 Å². The van der Waals surface area contributed by atoms with Crippen LogP contribution in [0.15, 0.2) is 42.5 Å². The average molecular weight is 349 g/mol. The Morgan fingerprint density at radius 1 is 1.35 bits per heavy atom. The van der Waals surface area contributed by atoms with E-state index in [-0.39, 0.29) is 11.9 Å². The van der Waals surface area contributed by atoms with Gasteiger partial charge in [0.1, 0.15) is 11.6 Å². The predicted octanol–water partition coefficient (Wildman–Crippen LogP) is 4.41. The van der Waals surface area contributed by atoms with Gasteiger partial charge in [-0.15, -0.1) is 0 Å². The molecule has 1 saturated heterocycles. The van der Waals surface area contributed by atoms with Gasteiger partial charge < -0.3 is 10.1 Å². The van der Waals surface area contributed by atoms with Crippen molar-refractivity contribution < 1.29 is 9.13 Å². The number of thiocarbonyl (C=S) groups is 1. The third-order valence-corrected chi connectivity index (χ3v) is 4.86. The lowest BCUT2D eigenvalue weighted by Gasteiger charge is -2.52. The minimum atomic E-state index is -0.754. The van der Waals surface area contributed by atoms with Crippen LogP contribution in [0.25, 0.3) is 0 Å². The molecule has 0 aromatic heterocycles. The second kappa shape index (κ2) is 5.08. The van der Waals surface area contributed by atoms with Crippen molar-refractivity contribution >= 4 is 34.6 Å². The highest BCUT2D eigenvalue weighted by Gasteiger charge is 2.48. The lowest BCUT2D eigenvalue weighted by Crippen LogP contribution is -2.65. The Morgan fingerprint density at radius 3 is 2.91 bits per heavy atom. The monoisotopic (exact) mass is 348 g/mol. The highest BCUT2D eigenvalue weighted by atomic mass is 35.5. The molecule has 2 aliphatic rings. The molecule has 3 nitrogen and oxygen atoms in total. The van der Waals surface area contributed by atoms with E-state index in [2.05, 4.69) is 5.32 Å². The summed E-state index contributed by atoms with van der Waals surface area (Å²) >= 11 is 11.6. The van der Waals surface area contributed by atoms with Gasteiger partial charge >= 0.3 is 0 Å². The lowest BCUT2D eigenvalue weighted by molar-refractivity contribution is 0.0492. The van der Waals surface area contributed by atoms with Crippen molar-refractivity contribution in [1.82, 2.24) is 5.32 Å². The molecule has 2 aliphatic heterocycles. The van der Waals surface area contributed by atoms with Crippen LogP contribution in [0, 0.1) is 5.82 Å². The molecule has 0 spiro atoms. The lowest BCUT2D eigenvalue weighted by atomic mass is 9.90. The molecular formula is C17H14ClFN2OS. The maximum atomic E-state index is 14.3. The zero-order chi connectivity index (χ0) is 16.2. The number of fused-ring (bicyclic) bond motifs is 4.